The predicted molar refractivity (Wildman–Crippen MR) is 105 cm³/mol. The lowest BCUT2D eigenvalue weighted by Gasteiger charge is -2.03. The highest BCUT2D eigenvalue weighted by Gasteiger charge is 2.13. The molecule has 0 spiro atoms. The number of nitrogens with zero attached hydrogens (tertiary/aromatic N) is 1. The summed E-state index contributed by atoms with van der Waals surface area (Å²) in [6.45, 7) is 0. The molecule has 0 fully saturated rings. The van der Waals surface area contributed by atoms with Gasteiger partial charge in [-0.3, -0.25) is 10.1 Å². The minimum atomic E-state index is -0.354. The molecule has 0 bridgehead atoms. The van der Waals surface area contributed by atoms with Crippen LogP contribution < -0.4 is 11.1 Å². The van der Waals surface area contributed by atoms with E-state index in [4.69, 9.17) is 28.9 Å². The van der Waals surface area contributed by atoms with Gasteiger partial charge >= 0.3 is 0 Å². The maximum atomic E-state index is 12.1. The SMILES string of the molecule is NC(=CC(=O)Nc1nc(-c2c(Cl)cccc2Cl)cs1)c1ccccc1. The van der Waals surface area contributed by atoms with Crippen molar-refractivity contribution < 1.29 is 4.79 Å². The van der Waals surface area contributed by atoms with Crippen molar-refractivity contribution in [2.45, 2.75) is 0 Å². The Labute approximate surface area is 158 Å². The third-order valence-corrected chi connectivity index (χ3v) is 4.73. The first-order valence-corrected chi connectivity index (χ1v) is 8.91. The number of benzene rings is 2. The number of hydrogen-bond acceptors (Lipinski definition) is 4. The Bertz CT molecular complexity index is 918. The number of rotatable bonds is 4. The second-order valence-electron chi connectivity index (χ2n) is 5.09. The van der Waals surface area contributed by atoms with Gasteiger partial charge in [0.25, 0.3) is 5.91 Å². The lowest BCUT2D eigenvalue weighted by atomic mass is 10.1. The van der Waals surface area contributed by atoms with Gasteiger partial charge in [-0.2, -0.15) is 0 Å². The normalized spacial score (nSPS) is 11.4. The summed E-state index contributed by atoms with van der Waals surface area (Å²) < 4.78 is 0. The van der Waals surface area contributed by atoms with Gasteiger partial charge < -0.3 is 5.73 Å². The molecule has 25 heavy (non-hydrogen) atoms. The molecule has 1 heterocycles. The van der Waals surface area contributed by atoms with E-state index in [9.17, 15) is 4.79 Å². The average molecular weight is 390 g/mol. The monoisotopic (exact) mass is 389 g/mol. The van der Waals surface area contributed by atoms with E-state index in [0.717, 1.165) is 5.56 Å². The van der Waals surface area contributed by atoms with Gasteiger partial charge in [-0.25, -0.2) is 4.98 Å². The molecule has 3 N–H and O–H groups in total. The number of carbonyl (C=O) groups is 1. The van der Waals surface area contributed by atoms with Crippen LogP contribution >= 0.6 is 34.5 Å². The maximum absolute atomic E-state index is 12.1. The number of nitrogens with two attached hydrogens (primary N) is 1. The zero-order valence-corrected chi connectivity index (χ0v) is 15.2. The predicted octanol–water partition coefficient (Wildman–Crippen LogP) is 5.06. The molecular formula is C18H13Cl2N3OS. The second kappa shape index (κ2) is 7.70. The molecule has 0 aliphatic carbocycles. The Balaban J connectivity index is 1.77. The largest absolute Gasteiger partial charge is 0.398 e. The van der Waals surface area contributed by atoms with E-state index in [1.165, 1.54) is 17.4 Å². The van der Waals surface area contributed by atoms with Crippen molar-refractivity contribution in [1.29, 1.82) is 0 Å². The van der Waals surface area contributed by atoms with Crippen LogP contribution in [0, 0.1) is 0 Å². The molecule has 2 aromatic carbocycles. The van der Waals surface area contributed by atoms with Crippen molar-refractivity contribution in [2.24, 2.45) is 5.73 Å². The first-order valence-electron chi connectivity index (χ1n) is 7.28. The first kappa shape index (κ1) is 17.5. The van der Waals surface area contributed by atoms with Crippen LogP contribution in [0.4, 0.5) is 5.13 Å². The third-order valence-electron chi connectivity index (χ3n) is 3.35. The van der Waals surface area contributed by atoms with Crippen molar-refractivity contribution in [3.05, 3.63) is 75.6 Å². The Morgan fingerprint density at radius 1 is 1.08 bits per heavy atom. The Hall–Kier alpha value is -2.34. The van der Waals surface area contributed by atoms with Crippen LogP contribution in [0.1, 0.15) is 5.56 Å². The van der Waals surface area contributed by atoms with Crippen LogP contribution in [0.25, 0.3) is 17.0 Å². The van der Waals surface area contributed by atoms with E-state index >= 15 is 0 Å². The van der Waals surface area contributed by atoms with E-state index in [2.05, 4.69) is 10.3 Å². The molecule has 3 rings (SSSR count). The zero-order chi connectivity index (χ0) is 17.8. The molecule has 0 aliphatic rings. The second-order valence-corrected chi connectivity index (χ2v) is 6.76. The molecule has 1 aromatic heterocycles. The number of thiazole rings is 1. The quantitative estimate of drug-likeness (QED) is 0.613. The van der Waals surface area contributed by atoms with E-state index in [0.29, 0.717) is 32.1 Å². The average Bonchev–Trinajstić information content (AvgIpc) is 3.03. The highest BCUT2D eigenvalue weighted by molar-refractivity contribution is 7.14. The topological polar surface area (TPSA) is 68.0 Å². The van der Waals surface area contributed by atoms with E-state index in [1.54, 1.807) is 23.6 Å². The van der Waals surface area contributed by atoms with Crippen LogP contribution in [0.3, 0.4) is 0 Å². The van der Waals surface area contributed by atoms with Crippen LogP contribution in [-0.4, -0.2) is 10.9 Å². The van der Waals surface area contributed by atoms with Gasteiger partial charge in [0, 0.05) is 22.7 Å². The maximum Gasteiger partial charge on any atom is 0.252 e. The Morgan fingerprint density at radius 2 is 1.76 bits per heavy atom. The van der Waals surface area contributed by atoms with Crippen molar-refractivity contribution in [3.8, 4) is 11.3 Å². The molecule has 0 saturated carbocycles. The van der Waals surface area contributed by atoms with Crippen molar-refractivity contribution in [1.82, 2.24) is 4.98 Å². The number of halogens is 2. The summed E-state index contributed by atoms with van der Waals surface area (Å²) in [4.78, 5) is 16.5. The van der Waals surface area contributed by atoms with Crippen LogP contribution in [-0.2, 0) is 4.79 Å². The number of amides is 1. The Morgan fingerprint density at radius 3 is 2.44 bits per heavy atom. The molecule has 0 aliphatic heterocycles. The van der Waals surface area contributed by atoms with Crippen LogP contribution in [0.2, 0.25) is 10.0 Å². The van der Waals surface area contributed by atoms with Crippen molar-refractivity contribution in [3.63, 3.8) is 0 Å². The molecule has 126 valence electrons. The third kappa shape index (κ3) is 4.20. The smallest absolute Gasteiger partial charge is 0.252 e. The molecule has 0 radical (unpaired) electrons. The van der Waals surface area contributed by atoms with Gasteiger partial charge in [-0.15, -0.1) is 11.3 Å². The zero-order valence-electron chi connectivity index (χ0n) is 12.9. The standard InChI is InChI=1S/C18H13Cl2N3OS/c19-12-7-4-8-13(20)17(12)15-10-25-18(22-15)23-16(24)9-14(21)11-5-2-1-3-6-11/h1-10H,21H2,(H,22,23,24). The van der Waals surface area contributed by atoms with Crippen molar-refractivity contribution in [2.75, 3.05) is 5.32 Å². The van der Waals surface area contributed by atoms with Crippen LogP contribution in [0.15, 0.2) is 60.0 Å². The number of aromatic nitrogens is 1. The summed E-state index contributed by atoms with van der Waals surface area (Å²) in [5.41, 5.74) is 8.34. The molecule has 3 aromatic rings. The summed E-state index contributed by atoms with van der Waals surface area (Å²) in [5.74, 6) is -0.354. The fourth-order valence-corrected chi connectivity index (χ4v) is 3.48. The van der Waals surface area contributed by atoms with Gasteiger partial charge in [0.05, 0.1) is 15.7 Å². The molecule has 0 atom stereocenters. The minimum Gasteiger partial charge on any atom is -0.398 e. The fraction of sp³-hybridized carbons (Fsp3) is 0. The molecule has 7 heteroatoms. The fourth-order valence-electron chi connectivity index (χ4n) is 2.19. The summed E-state index contributed by atoms with van der Waals surface area (Å²) in [6.07, 6.45) is 1.33. The Kier molecular flexibility index (Phi) is 5.38. The minimum absolute atomic E-state index is 0.354. The van der Waals surface area contributed by atoms with Gasteiger partial charge in [0.2, 0.25) is 0 Å². The number of nitrogens with one attached hydrogen (secondary N) is 1. The summed E-state index contributed by atoms with van der Waals surface area (Å²) in [7, 11) is 0. The van der Waals surface area contributed by atoms with E-state index < -0.39 is 0 Å². The van der Waals surface area contributed by atoms with E-state index in [-0.39, 0.29) is 5.91 Å². The first-order chi connectivity index (χ1) is 12.0. The molecule has 0 unspecified atom stereocenters. The number of carbonyl (C=O) groups excluding carboxylic acids is 1. The summed E-state index contributed by atoms with van der Waals surface area (Å²) in [5, 5.41) is 5.93. The van der Waals surface area contributed by atoms with Gasteiger partial charge in [0.1, 0.15) is 0 Å². The van der Waals surface area contributed by atoms with Crippen molar-refractivity contribution >= 4 is 51.3 Å². The summed E-state index contributed by atoms with van der Waals surface area (Å²) in [6, 6.07) is 14.5. The number of hydrogen-bond donors (Lipinski definition) is 2. The lowest BCUT2D eigenvalue weighted by molar-refractivity contribution is -0.111. The molecule has 4 nitrogen and oxygen atoms in total. The number of anilines is 1. The van der Waals surface area contributed by atoms with Crippen LogP contribution in [0.5, 0.6) is 0 Å². The van der Waals surface area contributed by atoms with Gasteiger partial charge in [-0.05, 0) is 17.7 Å². The molecule has 1 amide bonds. The van der Waals surface area contributed by atoms with E-state index in [1.807, 2.05) is 30.3 Å². The summed E-state index contributed by atoms with van der Waals surface area (Å²) >= 11 is 13.6. The lowest BCUT2D eigenvalue weighted by Crippen LogP contribution is -2.10. The van der Waals surface area contributed by atoms with Gasteiger partial charge in [-0.1, -0.05) is 59.6 Å². The molecular weight excluding hydrogens is 377 g/mol. The highest BCUT2D eigenvalue weighted by atomic mass is 35.5. The van der Waals surface area contributed by atoms with Gasteiger partial charge in [0.15, 0.2) is 5.13 Å². The highest BCUT2D eigenvalue weighted by Crippen LogP contribution is 2.35. The molecule has 0 saturated heterocycles.